The van der Waals surface area contributed by atoms with E-state index in [-0.39, 0.29) is 22.1 Å². The number of alkyl halides is 3. The lowest BCUT2D eigenvalue weighted by Gasteiger charge is -2.20. The van der Waals surface area contributed by atoms with Crippen LogP contribution in [0.1, 0.15) is 26.3 Å². The number of carbonyl (C=O) groups is 2. The van der Waals surface area contributed by atoms with Crippen LogP contribution in [0.5, 0.6) is 5.75 Å². The van der Waals surface area contributed by atoms with Crippen molar-refractivity contribution in [2.75, 3.05) is 5.75 Å². The van der Waals surface area contributed by atoms with Gasteiger partial charge in [-0.25, -0.2) is 9.59 Å². The van der Waals surface area contributed by atoms with Crippen molar-refractivity contribution in [2.45, 2.75) is 18.6 Å². The normalized spacial score (nSPS) is 12.8. The number of hydrogen-bond donors (Lipinski definition) is 1. The highest BCUT2D eigenvalue weighted by atomic mass is 32.2. The van der Waals surface area contributed by atoms with Crippen molar-refractivity contribution in [3.05, 3.63) is 65.2 Å². The molecular weight excluding hydrogens is 498 g/mol. The monoisotopic (exact) mass is 518 g/mol. The minimum atomic E-state index is -5.24. The van der Waals surface area contributed by atoms with Gasteiger partial charge in [-0.1, -0.05) is 53.6 Å². The second kappa shape index (κ2) is 10.4. The Hall–Kier alpha value is -3.25. The van der Waals surface area contributed by atoms with E-state index in [2.05, 4.69) is 4.74 Å². The van der Waals surface area contributed by atoms with Gasteiger partial charge in [0.05, 0.1) is 11.1 Å². The van der Waals surface area contributed by atoms with Gasteiger partial charge >= 0.3 is 18.1 Å². The summed E-state index contributed by atoms with van der Waals surface area (Å²) < 4.78 is 80.5. The lowest BCUT2D eigenvalue weighted by molar-refractivity contribution is -0.197. The van der Waals surface area contributed by atoms with E-state index in [1.165, 1.54) is 24.3 Å². The number of fused-ring (bicyclic) bond motifs is 1. The highest BCUT2D eigenvalue weighted by Crippen LogP contribution is 2.31. The first kappa shape index (κ1) is 27.3. The van der Waals surface area contributed by atoms with Crippen LogP contribution in [0.25, 0.3) is 10.8 Å². The molecule has 1 unspecified atom stereocenters. The SMILES string of the molecule is BCc1c(B)cc(B)cc1C(=O)Oc1ccc(C(=O)OC(CS(=O)(=O)O)C(F)(F)F)c2ccccc12. The molecule has 1 atom stereocenters. The summed E-state index contributed by atoms with van der Waals surface area (Å²) >= 11 is 0. The minimum Gasteiger partial charge on any atom is -0.448 e. The fourth-order valence-corrected chi connectivity index (χ4v) is 4.56. The highest BCUT2D eigenvalue weighted by molar-refractivity contribution is 7.85. The number of ether oxygens (including phenoxy) is 2. The van der Waals surface area contributed by atoms with Gasteiger partial charge in [0, 0.05) is 5.39 Å². The molecule has 7 nitrogen and oxygen atoms in total. The molecule has 0 aliphatic rings. The van der Waals surface area contributed by atoms with Gasteiger partial charge in [-0.3, -0.25) is 4.55 Å². The first-order chi connectivity index (χ1) is 16.7. The zero-order valence-electron chi connectivity index (χ0n) is 19.5. The molecule has 0 aliphatic heterocycles. The van der Waals surface area contributed by atoms with Gasteiger partial charge in [0.2, 0.25) is 6.10 Å². The maximum Gasteiger partial charge on any atom is 0.426 e. The maximum atomic E-state index is 13.2. The van der Waals surface area contributed by atoms with Crippen molar-refractivity contribution in [1.29, 1.82) is 0 Å². The lowest BCUT2D eigenvalue weighted by Crippen LogP contribution is -2.39. The smallest absolute Gasteiger partial charge is 0.426 e. The van der Waals surface area contributed by atoms with Crippen LogP contribution in [-0.2, 0) is 21.2 Å². The predicted molar refractivity (Wildman–Crippen MR) is 136 cm³/mol. The molecule has 3 rings (SSSR count). The molecule has 0 aliphatic carbocycles. The number of halogens is 3. The maximum absolute atomic E-state index is 13.2. The first-order valence-electron chi connectivity index (χ1n) is 10.8. The van der Waals surface area contributed by atoms with Crippen molar-refractivity contribution in [1.82, 2.24) is 0 Å². The van der Waals surface area contributed by atoms with Crippen LogP contribution in [0.4, 0.5) is 13.2 Å². The summed E-state index contributed by atoms with van der Waals surface area (Å²) in [5, 5.41) is 0.373. The third kappa shape index (κ3) is 6.30. The van der Waals surface area contributed by atoms with Crippen molar-refractivity contribution in [2.24, 2.45) is 0 Å². The zero-order valence-corrected chi connectivity index (χ0v) is 20.4. The summed E-state index contributed by atoms with van der Waals surface area (Å²) in [5.41, 5.74) is 2.67. The number of benzene rings is 3. The van der Waals surface area contributed by atoms with Gasteiger partial charge in [-0.05, 0) is 23.1 Å². The van der Waals surface area contributed by atoms with E-state index in [0.717, 1.165) is 22.6 Å². The molecule has 3 aromatic rings. The van der Waals surface area contributed by atoms with Crippen LogP contribution in [0.3, 0.4) is 0 Å². The van der Waals surface area contributed by atoms with Gasteiger partial charge in [-0.2, -0.15) is 21.6 Å². The summed E-state index contributed by atoms with van der Waals surface area (Å²) in [6, 6.07) is 12.0. The van der Waals surface area contributed by atoms with Crippen LogP contribution in [0.2, 0.25) is 0 Å². The van der Waals surface area contributed by atoms with Crippen LogP contribution in [0, 0.1) is 0 Å². The van der Waals surface area contributed by atoms with Crippen molar-refractivity contribution in [3.63, 3.8) is 0 Å². The summed E-state index contributed by atoms with van der Waals surface area (Å²) in [5.74, 6) is -3.87. The summed E-state index contributed by atoms with van der Waals surface area (Å²) in [6.45, 7) is 0. The molecule has 0 radical (unpaired) electrons. The third-order valence-electron chi connectivity index (χ3n) is 5.47. The Morgan fingerprint density at radius 1 is 0.972 bits per heavy atom. The van der Waals surface area contributed by atoms with E-state index >= 15 is 0 Å². The molecule has 0 amide bonds. The Bertz CT molecular complexity index is 1440. The van der Waals surface area contributed by atoms with Crippen LogP contribution >= 0.6 is 0 Å². The third-order valence-corrected chi connectivity index (χ3v) is 6.20. The Kier molecular flexibility index (Phi) is 7.90. The molecular formula is C22H20B3F3O7S. The van der Waals surface area contributed by atoms with Gasteiger partial charge in [0.15, 0.2) is 0 Å². The second-order valence-corrected chi connectivity index (χ2v) is 9.69. The molecule has 0 saturated carbocycles. The molecule has 14 heteroatoms. The van der Waals surface area contributed by atoms with E-state index in [1.807, 2.05) is 29.6 Å². The van der Waals surface area contributed by atoms with E-state index < -0.39 is 40.1 Å². The molecule has 0 saturated heterocycles. The van der Waals surface area contributed by atoms with Crippen LogP contribution in [0.15, 0.2) is 48.5 Å². The quantitative estimate of drug-likeness (QED) is 0.198. The van der Waals surface area contributed by atoms with Crippen molar-refractivity contribution >= 4 is 67.3 Å². The van der Waals surface area contributed by atoms with Gasteiger partial charge < -0.3 is 9.47 Å². The fourth-order valence-electron chi connectivity index (χ4n) is 3.92. The largest absolute Gasteiger partial charge is 0.448 e. The summed E-state index contributed by atoms with van der Waals surface area (Å²) in [7, 11) is 0.539. The fraction of sp³-hybridized carbons (Fsp3) is 0.182. The minimum absolute atomic E-state index is 0.0682. The summed E-state index contributed by atoms with van der Waals surface area (Å²) in [6.07, 6.45) is -7.72. The average Bonchev–Trinajstić information content (AvgIpc) is 2.76. The van der Waals surface area contributed by atoms with Crippen molar-refractivity contribution < 1.29 is 45.2 Å². The zero-order chi connectivity index (χ0) is 26.8. The van der Waals surface area contributed by atoms with Gasteiger partial charge in [0.1, 0.15) is 35.0 Å². The van der Waals surface area contributed by atoms with Crippen LogP contribution in [-0.4, -0.2) is 66.5 Å². The molecule has 0 spiro atoms. The Labute approximate surface area is 207 Å². The number of carbonyl (C=O) groups excluding carboxylic acids is 2. The van der Waals surface area contributed by atoms with Crippen LogP contribution < -0.4 is 15.7 Å². The number of hydrogen-bond acceptors (Lipinski definition) is 6. The van der Waals surface area contributed by atoms with Crippen molar-refractivity contribution in [3.8, 4) is 5.75 Å². The van der Waals surface area contributed by atoms with Gasteiger partial charge in [-0.15, -0.1) is 0 Å². The van der Waals surface area contributed by atoms with E-state index in [1.54, 1.807) is 12.1 Å². The Morgan fingerprint density at radius 3 is 2.19 bits per heavy atom. The predicted octanol–water partition coefficient (Wildman–Crippen LogP) is -0.316. The molecule has 36 heavy (non-hydrogen) atoms. The van der Waals surface area contributed by atoms with Gasteiger partial charge in [0.25, 0.3) is 10.1 Å². The molecule has 0 fully saturated rings. The first-order valence-corrected chi connectivity index (χ1v) is 12.4. The topological polar surface area (TPSA) is 107 Å². The second-order valence-electron chi connectivity index (χ2n) is 8.19. The lowest BCUT2D eigenvalue weighted by atomic mass is 9.77. The molecule has 0 bridgehead atoms. The van der Waals surface area contributed by atoms with E-state index in [9.17, 15) is 31.2 Å². The molecule has 186 valence electrons. The molecule has 0 heterocycles. The summed E-state index contributed by atoms with van der Waals surface area (Å²) in [4.78, 5) is 25.6. The highest BCUT2D eigenvalue weighted by Gasteiger charge is 2.45. The molecule has 3 aromatic carbocycles. The molecule has 0 aromatic heterocycles. The standard InChI is InChI=1S/C22H20B3F3O7S/c23-9-16-15(7-11(24)8-17(16)25)21(30)34-18-6-5-14(12-3-1-2-4-13(12)18)20(29)35-19(22(26,27)28)10-36(31,32)33/h1-8,19H,9-10,23-25H2,(H,31,32,33). The number of rotatable bonds is 7. The van der Waals surface area contributed by atoms with E-state index in [4.69, 9.17) is 9.29 Å². The number of esters is 2. The average molecular weight is 518 g/mol. The molecule has 1 N–H and O–H groups in total. The Morgan fingerprint density at radius 2 is 1.61 bits per heavy atom. The van der Waals surface area contributed by atoms with E-state index in [0.29, 0.717) is 11.9 Å². The Balaban J connectivity index is 1.98.